The van der Waals surface area contributed by atoms with E-state index in [1.807, 2.05) is 31.5 Å². The molecule has 3 nitrogen and oxygen atoms in total. The van der Waals surface area contributed by atoms with Crippen LogP contribution in [0.1, 0.15) is 6.92 Å². The third-order valence-electron chi connectivity index (χ3n) is 1.65. The van der Waals surface area contributed by atoms with Crippen molar-refractivity contribution in [1.29, 1.82) is 0 Å². The smallest absolute Gasteiger partial charge is 0.177 e. The second-order valence-electron chi connectivity index (χ2n) is 2.76. The third kappa shape index (κ3) is 1.25. The molecule has 0 saturated carbocycles. The van der Waals surface area contributed by atoms with Crippen molar-refractivity contribution >= 4 is 23.9 Å². The van der Waals surface area contributed by atoms with E-state index in [0.717, 1.165) is 5.69 Å². The Morgan fingerprint density at radius 3 is 3.00 bits per heavy atom. The van der Waals surface area contributed by atoms with Crippen molar-refractivity contribution in [3.8, 4) is 0 Å². The maximum absolute atomic E-state index is 4.26. The Kier molecular flexibility index (Phi) is 1.70. The first-order valence-corrected chi connectivity index (χ1v) is 3.89. The molecule has 0 amide bonds. The van der Waals surface area contributed by atoms with Crippen molar-refractivity contribution in [1.82, 2.24) is 4.98 Å². The monoisotopic (exact) mass is 159 g/mol. The van der Waals surface area contributed by atoms with Crippen LogP contribution in [0.15, 0.2) is 28.3 Å². The van der Waals surface area contributed by atoms with Crippen molar-refractivity contribution in [3.63, 3.8) is 0 Å². The molecule has 1 aromatic rings. The van der Waals surface area contributed by atoms with E-state index in [1.165, 1.54) is 0 Å². The maximum Gasteiger partial charge on any atom is 0.177 e. The molecule has 0 fully saturated rings. The highest BCUT2D eigenvalue weighted by molar-refractivity contribution is 5.88. The van der Waals surface area contributed by atoms with Crippen LogP contribution in [-0.4, -0.2) is 17.4 Å². The van der Waals surface area contributed by atoms with Crippen molar-refractivity contribution in [2.24, 2.45) is 15.9 Å². The lowest BCUT2D eigenvalue weighted by Crippen LogP contribution is -1.94. The molecule has 1 aromatic heterocycles. The van der Waals surface area contributed by atoms with Gasteiger partial charge in [0.15, 0.2) is 5.82 Å². The van der Waals surface area contributed by atoms with Gasteiger partial charge in [0.25, 0.3) is 0 Å². The van der Waals surface area contributed by atoms with Gasteiger partial charge in [-0.2, -0.15) is 0 Å². The van der Waals surface area contributed by atoms with E-state index < -0.39 is 0 Å². The molecule has 0 aromatic carbocycles. The van der Waals surface area contributed by atoms with Gasteiger partial charge >= 0.3 is 0 Å². The van der Waals surface area contributed by atoms with Crippen LogP contribution in [0.4, 0.5) is 11.5 Å². The summed E-state index contributed by atoms with van der Waals surface area (Å²) in [6.07, 6.45) is 5.45. The summed E-state index contributed by atoms with van der Waals surface area (Å²) in [7, 11) is 0. The van der Waals surface area contributed by atoms with Crippen LogP contribution < -0.4 is 0 Å². The SMILES string of the molecule is CC1C=Nc2cccnc2N=C1. The fraction of sp³-hybridized carbons (Fsp3) is 0.222. The van der Waals surface area contributed by atoms with Crippen molar-refractivity contribution in [3.05, 3.63) is 18.3 Å². The lowest BCUT2D eigenvalue weighted by Gasteiger charge is -1.93. The Bertz CT molecular complexity index is 308. The zero-order valence-electron chi connectivity index (χ0n) is 6.81. The minimum Gasteiger partial charge on any atom is -0.257 e. The molecule has 0 bridgehead atoms. The second kappa shape index (κ2) is 2.85. The van der Waals surface area contributed by atoms with E-state index >= 15 is 0 Å². The van der Waals surface area contributed by atoms with Gasteiger partial charge in [-0.15, -0.1) is 0 Å². The van der Waals surface area contributed by atoms with E-state index in [2.05, 4.69) is 15.0 Å². The molecule has 1 atom stereocenters. The Morgan fingerprint density at radius 2 is 2.08 bits per heavy atom. The van der Waals surface area contributed by atoms with Crippen molar-refractivity contribution < 1.29 is 0 Å². The van der Waals surface area contributed by atoms with E-state index in [-0.39, 0.29) is 0 Å². The average molecular weight is 159 g/mol. The predicted octanol–water partition coefficient (Wildman–Crippen LogP) is 2.14. The third-order valence-corrected chi connectivity index (χ3v) is 1.65. The van der Waals surface area contributed by atoms with Gasteiger partial charge in [-0.05, 0) is 12.1 Å². The van der Waals surface area contributed by atoms with Gasteiger partial charge in [0, 0.05) is 24.5 Å². The molecule has 0 aliphatic carbocycles. The van der Waals surface area contributed by atoms with Crippen LogP contribution in [0.3, 0.4) is 0 Å². The molecule has 1 aliphatic rings. The summed E-state index contributed by atoms with van der Waals surface area (Å²) in [6, 6.07) is 3.77. The minimum absolute atomic E-state index is 0.291. The first kappa shape index (κ1) is 7.16. The van der Waals surface area contributed by atoms with Gasteiger partial charge in [0.1, 0.15) is 5.69 Å². The lowest BCUT2D eigenvalue weighted by atomic mass is 10.2. The van der Waals surface area contributed by atoms with Gasteiger partial charge in [-0.25, -0.2) is 9.98 Å². The van der Waals surface area contributed by atoms with Gasteiger partial charge in [-0.3, -0.25) is 4.99 Å². The minimum atomic E-state index is 0.291. The largest absolute Gasteiger partial charge is 0.257 e. The van der Waals surface area contributed by atoms with Crippen LogP contribution in [0, 0.1) is 5.92 Å². The molecule has 1 unspecified atom stereocenters. The number of aromatic nitrogens is 1. The highest BCUT2D eigenvalue weighted by atomic mass is 14.9. The molecule has 12 heavy (non-hydrogen) atoms. The Hall–Kier alpha value is -1.51. The van der Waals surface area contributed by atoms with Gasteiger partial charge in [-0.1, -0.05) is 6.92 Å². The first-order chi connectivity index (χ1) is 5.86. The fourth-order valence-electron chi connectivity index (χ4n) is 1.01. The van der Waals surface area contributed by atoms with Crippen molar-refractivity contribution in [2.45, 2.75) is 6.92 Å². The molecule has 3 heteroatoms. The van der Waals surface area contributed by atoms with E-state index in [0.29, 0.717) is 11.7 Å². The number of aliphatic imine (C=N–C) groups is 2. The normalized spacial score (nSPS) is 20.2. The lowest BCUT2D eigenvalue weighted by molar-refractivity contribution is 1.12. The summed E-state index contributed by atoms with van der Waals surface area (Å²) in [4.78, 5) is 12.6. The molecule has 0 N–H and O–H groups in total. The highest BCUT2D eigenvalue weighted by Gasteiger charge is 2.03. The summed E-state index contributed by atoms with van der Waals surface area (Å²) in [5.74, 6) is 0.998. The van der Waals surface area contributed by atoms with Crippen LogP contribution in [0.2, 0.25) is 0 Å². The number of hydrogen-bond acceptors (Lipinski definition) is 3. The highest BCUT2D eigenvalue weighted by Crippen LogP contribution is 2.25. The summed E-state index contributed by atoms with van der Waals surface area (Å²) in [5.41, 5.74) is 0.845. The Labute approximate surface area is 70.9 Å². The maximum atomic E-state index is 4.26. The fourth-order valence-corrected chi connectivity index (χ4v) is 1.01. The topological polar surface area (TPSA) is 37.6 Å². The molecule has 0 spiro atoms. The first-order valence-electron chi connectivity index (χ1n) is 3.89. The molecule has 0 saturated heterocycles. The van der Waals surface area contributed by atoms with Crippen molar-refractivity contribution in [2.75, 3.05) is 0 Å². The number of nitrogens with zero attached hydrogens (tertiary/aromatic N) is 3. The molecule has 0 radical (unpaired) electrons. The number of fused-ring (bicyclic) bond motifs is 1. The zero-order chi connectivity index (χ0) is 8.39. The number of hydrogen-bond donors (Lipinski definition) is 0. The quantitative estimate of drug-likeness (QED) is 0.571. The Balaban J connectivity index is 2.52. The van der Waals surface area contributed by atoms with E-state index in [9.17, 15) is 0 Å². The van der Waals surface area contributed by atoms with Gasteiger partial charge in [0.05, 0.1) is 0 Å². The molecule has 2 rings (SSSR count). The second-order valence-corrected chi connectivity index (χ2v) is 2.76. The molecule has 1 aliphatic heterocycles. The Morgan fingerprint density at radius 1 is 1.25 bits per heavy atom. The van der Waals surface area contributed by atoms with E-state index in [1.54, 1.807) is 6.20 Å². The summed E-state index contributed by atoms with van der Waals surface area (Å²) < 4.78 is 0. The van der Waals surface area contributed by atoms with Crippen LogP contribution in [-0.2, 0) is 0 Å². The van der Waals surface area contributed by atoms with Gasteiger partial charge < -0.3 is 0 Å². The van der Waals surface area contributed by atoms with Crippen LogP contribution in [0.5, 0.6) is 0 Å². The molecular formula is C9H9N3. The summed E-state index contributed by atoms with van der Waals surface area (Å²) in [6.45, 7) is 2.04. The zero-order valence-corrected chi connectivity index (χ0v) is 6.81. The number of rotatable bonds is 0. The van der Waals surface area contributed by atoms with E-state index in [4.69, 9.17) is 0 Å². The predicted molar refractivity (Wildman–Crippen MR) is 49.7 cm³/mol. The van der Waals surface area contributed by atoms with Crippen LogP contribution in [0.25, 0.3) is 0 Å². The van der Waals surface area contributed by atoms with Crippen LogP contribution >= 0.6 is 0 Å². The number of pyridine rings is 1. The van der Waals surface area contributed by atoms with Gasteiger partial charge in [0.2, 0.25) is 0 Å². The molecule has 60 valence electrons. The summed E-state index contributed by atoms with van der Waals surface area (Å²) >= 11 is 0. The average Bonchev–Trinajstić information content (AvgIpc) is 2.29. The standard InChI is InChI=1S/C9H9N3/c1-7-5-11-8-3-2-4-10-9(8)12-6-7/h2-7H,1H3. The summed E-state index contributed by atoms with van der Waals surface area (Å²) in [5, 5.41) is 0. The molecular weight excluding hydrogens is 150 g/mol. The molecule has 2 heterocycles.